The normalized spacial score (nSPS) is 16.9. The Labute approximate surface area is 142 Å². The maximum atomic E-state index is 13.0. The van der Waals surface area contributed by atoms with Crippen molar-refractivity contribution in [3.05, 3.63) is 59.9 Å². The lowest BCUT2D eigenvalue weighted by molar-refractivity contribution is 0.109. The number of methoxy groups -OCH3 is 1. The Morgan fingerprint density at radius 3 is 2.21 bits per heavy atom. The van der Waals surface area contributed by atoms with Gasteiger partial charge in [0.2, 0.25) is 0 Å². The molecule has 128 valence electrons. The van der Waals surface area contributed by atoms with Crippen LogP contribution >= 0.6 is 0 Å². The summed E-state index contributed by atoms with van der Waals surface area (Å²) in [5, 5.41) is 10.4. The van der Waals surface area contributed by atoms with Crippen molar-refractivity contribution in [2.24, 2.45) is 0 Å². The number of aliphatic hydroxyl groups is 1. The SMILES string of the molecule is COc1ccc(C(O)CN2CCN(c3ccc(F)cc3)CC2)cc1. The molecule has 1 saturated heterocycles. The van der Waals surface area contributed by atoms with E-state index in [1.54, 1.807) is 7.11 Å². The first-order chi connectivity index (χ1) is 11.7. The molecule has 2 aromatic rings. The van der Waals surface area contributed by atoms with Crippen molar-refractivity contribution < 1.29 is 14.2 Å². The third-order valence-electron chi connectivity index (χ3n) is 4.50. The van der Waals surface area contributed by atoms with Crippen molar-refractivity contribution >= 4 is 5.69 Å². The van der Waals surface area contributed by atoms with Gasteiger partial charge in [0.15, 0.2) is 0 Å². The van der Waals surface area contributed by atoms with E-state index in [0.717, 1.165) is 43.2 Å². The summed E-state index contributed by atoms with van der Waals surface area (Å²) in [7, 11) is 1.63. The number of hydrogen-bond donors (Lipinski definition) is 1. The Balaban J connectivity index is 1.51. The number of ether oxygens (including phenoxy) is 1. The summed E-state index contributed by atoms with van der Waals surface area (Å²) < 4.78 is 18.1. The van der Waals surface area contributed by atoms with Crippen LogP contribution in [0.25, 0.3) is 0 Å². The molecule has 4 nitrogen and oxygen atoms in total. The van der Waals surface area contributed by atoms with E-state index in [0.29, 0.717) is 6.54 Å². The second kappa shape index (κ2) is 7.64. The molecule has 0 spiro atoms. The first-order valence-corrected chi connectivity index (χ1v) is 8.20. The molecule has 2 aromatic carbocycles. The van der Waals surface area contributed by atoms with Crippen LogP contribution in [0, 0.1) is 5.82 Å². The predicted octanol–water partition coefficient (Wildman–Crippen LogP) is 2.69. The van der Waals surface area contributed by atoms with Crippen LogP contribution in [0.15, 0.2) is 48.5 Å². The lowest BCUT2D eigenvalue weighted by Crippen LogP contribution is -2.47. The molecule has 0 radical (unpaired) electrons. The number of anilines is 1. The summed E-state index contributed by atoms with van der Waals surface area (Å²) >= 11 is 0. The van der Waals surface area contributed by atoms with Gasteiger partial charge in [-0.1, -0.05) is 12.1 Å². The van der Waals surface area contributed by atoms with Gasteiger partial charge in [0, 0.05) is 38.4 Å². The summed E-state index contributed by atoms with van der Waals surface area (Å²) in [6, 6.07) is 14.2. The molecule has 1 aliphatic rings. The number of piperazine rings is 1. The summed E-state index contributed by atoms with van der Waals surface area (Å²) in [6.45, 7) is 4.13. The van der Waals surface area contributed by atoms with Crippen molar-refractivity contribution in [3.8, 4) is 5.75 Å². The highest BCUT2D eigenvalue weighted by atomic mass is 19.1. The zero-order valence-corrected chi connectivity index (χ0v) is 13.9. The van der Waals surface area contributed by atoms with Gasteiger partial charge in [0.1, 0.15) is 11.6 Å². The van der Waals surface area contributed by atoms with Crippen LogP contribution in [0.3, 0.4) is 0 Å². The van der Waals surface area contributed by atoms with Gasteiger partial charge in [-0.25, -0.2) is 4.39 Å². The van der Waals surface area contributed by atoms with E-state index in [1.165, 1.54) is 12.1 Å². The van der Waals surface area contributed by atoms with Gasteiger partial charge in [-0.05, 0) is 42.0 Å². The minimum Gasteiger partial charge on any atom is -0.497 e. The fraction of sp³-hybridized carbons (Fsp3) is 0.368. The number of aliphatic hydroxyl groups excluding tert-OH is 1. The van der Waals surface area contributed by atoms with E-state index in [-0.39, 0.29) is 5.82 Å². The van der Waals surface area contributed by atoms with E-state index in [2.05, 4.69) is 9.80 Å². The van der Waals surface area contributed by atoms with Crippen molar-refractivity contribution in [2.45, 2.75) is 6.10 Å². The van der Waals surface area contributed by atoms with Crippen LogP contribution in [0.4, 0.5) is 10.1 Å². The van der Waals surface area contributed by atoms with Gasteiger partial charge >= 0.3 is 0 Å². The predicted molar refractivity (Wildman–Crippen MR) is 93.0 cm³/mol. The number of rotatable bonds is 5. The molecule has 0 saturated carbocycles. The molecule has 0 aliphatic carbocycles. The second-order valence-corrected chi connectivity index (χ2v) is 6.05. The maximum Gasteiger partial charge on any atom is 0.123 e. The molecule has 1 unspecified atom stereocenters. The van der Waals surface area contributed by atoms with Gasteiger partial charge in [-0.2, -0.15) is 0 Å². The smallest absolute Gasteiger partial charge is 0.123 e. The van der Waals surface area contributed by atoms with Gasteiger partial charge in [-0.15, -0.1) is 0 Å². The van der Waals surface area contributed by atoms with Crippen LogP contribution < -0.4 is 9.64 Å². The summed E-state index contributed by atoms with van der Waals surface area (Å²) in [5.74, 6) is 0.582. The number of benzene rings is 2. The highest BCUT2D eigenvalue weighted by Gasteiger charge is 2.20. The van der Waals surface area contributed by atoms with Crippen molar-refractivity contribution in [1.29, 1.82) is 0 Å². The molecule has 1 atom stereocenters. The fourth-order valence-corrected chi connectivity index (χ4v) is 3.02. The summed E-state index contributed by atoms with van der Waals surface area (Å²) in [6.07, 6.45) is -0.506. The summed E-state index contributed by atoms with van der Waals surface area (Å²) in [5.41, 5.74) is 1.95. The number of halogens is 1. The lowest BCUT2D eigenvalue weighted by Gasteiger charge is -2.37. The highest BCUT2D eigenvalue weighted by Crippen LogP contribution is 2.21. The zero-order chi connectivity index (χ0) is 16.9. The zero-order valence-electron chi connectivity index (χ0n) is 13.9. The molecule has 0 amide bonds. The molecule has 1 N–H and O–H groups in total. The third kappa shape index (κ3) is 4.04. The van der Waals surface area contributed by atoms with E-state index in [1.807, 2.05) is 36.4 Å². The third-order valence-corrected chi connectivity index (χ3v) is 4.50. The highest BCUT2D eigenvalue weighted by molar-refractivity contribution is 5.46. The lowest BCUT2D eigenvalue weighted by atomic mass is 10.1. The molecule has 1 aliphatic heterocycles. The topological polar surface area (TPSA) is 35.9 Å². The number of β-amino-alcohol motifs (C(OH)–C–C–N with tert-alkyl or cyclic N) is 1. The molecule has 3 rings (SSSR count). The Morgan fingerprint density at radius 1 is 1.00 bits per heavy atom. The molecule has 1 fully saturated rings. The standard InChI is InChI=1S/C19H23FN2O2/c1-24-18-8-2-15(3-9-18)19(23)14-21-10-12-22(13-11-21)17-6-4-16(20)5-7-17/h2-9,19,23H,10-14H2,1H3. The van der Waals surface area contributed by atoms with Crippen molar-refractivity contribution in [1.82, 2.24) is 4.90 Å². The average Bonchev–Trinajstić information content (AvgIpc) is 2.63. The molecular weight excluding hydrogens is 307 g/mol. The average molecular weight is 330 g/mol. The van der Waals surface area contributed by atoms with Crippen molar-refractivity contribution in [3.63, 3.8) is 0 Å². The first-order valence-electron chi connectivity index (χ1n) is 8.20. The maximum absolute atomic E-state index is 13.0. The molecule has 1 heterocycles. The molecule has 5 heteroatoms. The Bertz CT molecular complexity index is 637. The van der Waals surface area contributed by atoms with Crippen LogP contribution in [0.5, 0.6) is 5.75 Å². The van der Waals surface area contributed by atoms with Gasteiger partial charge in [0.25, 0.3) is 0 Å². The number of nitrogens with zero attached hydrogens (tertiary/aromatic N) is 2. The minimum atomic E-state index is -0.506. The molecule has 0 bridgehead atoms. The monoisotopic (exact) mass is 330 g/mol. The second-order valence-electron chi connectivity index (χ2n) is 6.05. The Kier molecular flexibility index (Phi) is 5.33. The van der Waals surface area contributed by atoms with Crippen molar-refractivity contribution in [2.75, 3.05) is 44.7 Å². The number of hydrogen-bond acceptors (Lipinski definition) is 4. The largest absolute Gasteiger partial charge is 0.497 e. The first kappa shape index (κ1) is 16.7. The van der Waals surface area contributed by atoms with E-state index >= 15 is 0 Å². The van der Waals surface area contributed by atoms with E-state index in [4.69, 9.17) is 4.74 Å². The Morgan fingerprint density at radius 2 is 1.62 bits per heavy atom. The van der Waals surface area contributed by atoms with Crippen LogP contribution in [0.2, 0.25) is 0 Å². The van der Waals surface area contributed by atoms with Crippen LogP contribution in [-0.4, -0.2) is 49.8 Å². The quantitative estimate of drug-likeness (QED) is 0.914. The van der Waals surface area contributed by atoms with Gasteiger partial charge < -0.3 is 14.7 Å². The fourth-order valence-electron chi connectivity index (χ4n) is 3.02. The summed E-state index contributed by atoms with van der Waals surface area (Å²) in [4.78, 5) is 4.50. The van der Waals surface area contributed by atoms with Crippen LogP contribution in [0.1, 0.15) is 11.7 Å². The molecule has 24 heavy (non-hydrogen) atoms. The van der Waals surface area contributed by atoms with E-state index in [9.17, 15) is 9.50 Å². The minimum absolute atomic E-state index is 0.208. The van der Waals surface area contributed by atoms with Gasteiger partial charge in [-0.3, -0.25) is 4.90 Å². The molecule has 0 aromatic heterocycles. The van der Waals surface area contributed by atoms with E-state index < -0.39 is 6.10 Å². The van der Waals surface area contributed by atoms with Crippen LogP contribution in [-0.2, 0) is 0 Å². The molecular formula is C19H23FN2O2. The van der Waals surface area contributed by atoms with Gasteiger partial charge in [0.05, 0.1) is 13.2 Å². The Hall–Kier alpha value is -2.11.